The van der Waals surface area contributed by atoms with E-state index in [0.717, 1.165) is 55.4 Å². The fourth-order valence-corrected chi connectivity index (χ4v) is 10.5. The molecule has 5 saturated carbocycles. The maximum absolute atomic E-state index is 13.1. The number of carbonyl (C=O) groups excluding carboxylic acids is 1. The van der Waals surface area contributed by atoms with Crippen molar-refractivity contribution < 1.29 is 39.8 Å². The first-order valence-corrected chi connectivity index (χ1v) is 18.8. The summed E-state index contributed by atoms with van der Waals surface area (Å²) in [5.74, 6) is 2.36. The van der Waals surface area contributed by atoms with E-state index in [1.807, 2.05) is 37.3 Å². The van der Waals surface area contributed by atoms with Crippen molar-refractivity contribution in [2.75, 3.05) is 13.2 Å². The summed E-state index contributed by atoms with van der Waals surface area (Å²) in [5.41, 5.74) is 8.20. The number of benzene rings is 2. The fraction of sp³-hybridized carbons (Fsp3) is 0.641. The van der Waals surface area contributed by atoms with E-state index in [0.29, 0.717) is 47.8 Å². The zero-order valence-corrected chi connectivity index (χ0v) is 29.7. The monoisotopic (exact) mass is 723 g/mol. The second-order valence-corrected chi connectivity index (χ2v) is 16.5. The number of aliphatic hydroxyl groups excluding tert-OH is 4. The predicted octanol–water partition coefficient (Wildman–Crippen LogP) is 3.00. The largest absolute Gasteiger partial charge is 0.494 e. The summed E-state index contributed by atoms with van der Waals surface area (Å²) in [5, 5.41) is 60.5. The van der Waals surface area contributed by atoms with Crippen molar-refractivity contribution in [3.8, 4) is 11.8 Å². The van der Waals surface area contributed by atoms with E-state index in [1.54, 1.807) is 17.0 Å². The van der Waals surface area contributed by atoms with Gasteiger partial charge in [-0.3, -0.25) is 4.79 Å². The molecule has 9 rings (SSSR count). The predicted molar refractivity (Wildman–Crippen MR) is 187 cm³/mol. The molecule has 7 N–H and O–H groups in total. The van der Waals surface area contributed by atoms with Gasteiger partial charge >= 0.3 is 0 Å². The average molecular weight is 724 g/mol. The van der Waals surface area contributed by atoms with E-state index >= 15 is 0 Å². The molecule has 2 heterocycles. The normalized spacial score (nSPS) is 39.4. The first-order valence-electron chi connectivity index (χ1n) is 18.4. The van der Waals surface area contributed by atoms with Crippen LogP contribution in [0.1, 0.15) is 81.1 Å². The molecule has 4 bridgehead atoms. The van der Waals surface area contributed by atoms with Crippen LogP contribution in [0, 0.1) is 34.5 Å². The summed E-state index contributed by atoms with van der Waals surface area (Å²) in [4.78, 5) is 14.9. The van der Waals surface area contributed by atoms with Crippen molar-refractivity contribution in [1.29, 1.82) is 5.26 Å². The number of nitrogens with two attached hydrogens (primary N) is 1. The molecule has 5 aliphatic carbocycles. The van der Waals surface area contributed by atoms with E-state index < -0.39 is 48.8 Å². The number of ether oxygens (including phenoxy) is 2. The van der Waals surface area contributed by atoms with Gasteiger partial charge in [-0.15, -0.1) is 0 Å². The lowest BCUT2D eigenvalue weighted by Gasteiger charge is -2.61. The lowest BCUT2D eigenvalue weighted by molar-refractivity contribution is -0.231. The molecule has 11 nitrogen and oxygen atoms in total. The number of halogens is 1. The number of nitriles is 1. The molecule has 2 aromatic carbocycles. The third-order valence-electron chi connectivity index (χ3n) is 12.4. The number of rotatable bonds is 8. The molecule has 51 heavy (non-hydrogen) atoms. The Hall–Kier alpha value is -2.79. The van der Waals surface area contributed by atoms with Gasteiger partial charge in [0.1, 0.15) is 42.3 Å². The summed E-state index contributed by atoms with van der Waals surface area (Å²) in [6.45, 7) is 2.07. The minimum Gasteiger partial charge on any atom is -0.494 e. The lowest BCUT2D eigenvalue weighted by atomic mass is 9.46. The molecule has 0 aromatic heterocycles. The lowest BCUT2D eigenvalue weighted by Crippen LogP contribution is -2.64. The number of piperidine rings is 1. The molecule has 4 unspecified atom stereocenters. The van der Waals surface area contributed by atoms with Crippen LogP contribution in [0.4, 0.5) is 0 Å². The van der Waals surface area contributed by atoms with E-state index in [-0.39, 0.29) is 23.4 Å². The SMILES string of the molecule is CCOc1ccc(Cc2cc(C3O[C@H](CO)[C@@H](O)[C@H](O)[C@H]3O)ccc2Cl)cc1.N#C[C@H]1CC2C[C@H]2N1C(=O)[C@H](N)C12CC3CC(CC(O)(C3)C1)C2. The van der Waals surface area contributed by atoms with Crippen LogP contribution in [-0.4, -0.2) is 97.7 Å². The molecule has 11 atom stereocenters. The number of amides is 1. The summed E-state index contributed by atoms with van der Waals surface area (Å²) in [6.07, 6.45) is 2.10. The van der Waals surface area contributed by atoms with Gasteiger partial charge in [-0.25, -0.2) is 0 Å². The summed E-state index contributed by atoms with van der Waals surface area (Å²) in [7, 11) is 0. The van der Waals surface area contributed by atoms with Gasteiger partial charge in [-0.1, -0.05) is 35.9 Å². The highest BCUT2D eigenvalue weighted by Gasteiger charge is 2.62. The van der Waals surface area contributed by atoms with Crippen molar-refractivity contribution in [2.24, 2.45) is 28.9 Å². The van der Waals surface area contributed by atoms with Gasteiger partial charge in [0.2, 0.25) is 5.91 Å². The van der Waals surface area contributed by atoms with Crippen molar-refractivity contribution in [1.82, 2.24) is 4.90 Å². The van der Waals surface area contributed by atoms with Crippen LogP contribution in [0.25, 0.3) is 0 Å². The summed E-state index contributed by atoms with van der Waals surface area (Å²) in [6, 6.07) is 14.7. The van der Waals surface area contributed by atoms with Crippen molar-refractivity contribution in [2.45, 2.75) is 119 Å². The van der Waals surface area contributed by atoms with Gasteiger partial charge in [0.25, 0.3) is 0 Å². The Kier molecular flexibility index (Phi) is 10.2. The highest BCUT2D eigenvalue weighted by atomic mass is 35.5. The standard InChI is InChI=1S/C21H25ClO6.C18H25N3O2/c1-2-27-15-6-3-12(4-7-15)9-14-10-13(5-8-16(14)22)21-20(26)19(25)18(24)17(11-23)28-21;19-8-13-2-12-3-14(12)21(13)16(22)15(20)17-4-10-1-11(5-17)7-18(23,6-10)9-17/h3-8,10,17-21,23-26H,2,9,11H2,1H3;10-15,23H,1-7,9,20H2/t17-,18-,19+,20-,21?;10?,11?,12?,13-,14-,15+,17?,18?/m11/s1. The second kappa shape index (κ2) is 14.2. The Morgan fingerprint density at radius 2 is 1.76 bits per heavy atom. The molecule has 12 heteroatoms. The molecule has 0 spiro atoms. The zero-order chi connectivity index (χ0) is 36.2. The third kappa shape index (κ3) is 7.02. The van der Waals surface area contributed by atoms with Crippen molar-refractivity contribution in [3.05, 3.63) is 64.2 Å². The molecule has 7 aliphatic rings. The number of carbonyl (C=O) groups is 1. The Morgan fingerprint density at radius 1 is 1.06 bits per heavy atom. The van der Waals surface area contributed by atoms with Crippen LogP contribution in [0.15, 0.2) is 42.5 Å². The maximum Gasteiger partial charge on any atom is 0.241 e. The van der Waals surface area contributed by atoms with Crippen LogP contribution in [0.5, 0.6) is 5.75 Å². The minimum absolute atomic E-state index is 0.0212. The molecule has 2 saturated heterocycles. The van der Waals surface area contributed by atoms with Crippen LogP contribution < -0.4 is 10.5 Å². The van der Waals surface area contributed by atoms with Crippen LogP contribution in [0.2, 0.25) is 5.02 Å². The molecular weight excluding hydrogens is 674 g/mol. The Balaban J connectivity index is 0.000000162. The molecule has 7 fully saturated rings. The molecule has 2 aliphatic heterocycles. The minimum atomic E-state index is -1.42. The van der Waals surface area contributed by atoms with Crippen LogP contribution in [-0.2, 0) is 16.0 Å². The van der Waals surface area contributed by atoms with Gasteiger partial charge < -0.3 is 45.6 Å². The van der Waals surface area contributed by atoms with Crippen molar-refractivity contribution in [3.63, 3.8) is 0 Å². The summed E-state index contributed by atoms with van der Waals surface area (Å²) < 4.78 is 11.1. The Labute approximate surface area is 303 Å². The van der Waals surface area contributed by atoms with Gasteiger partial charge in [0, 0.05) is 11.1 Å². The smallest absolute Gasteiger partial charge is 0.241 e. The fourth-order valence-electron chi connectivity index (χ4n) is 10.3. The molecule has 2 aromatic rings. The highest BCUT2D eigenvalue weighted by Crippen LogP contribution is 2.63. The number of hydrogen-bond donors (Lipinski definition) is 6. The summed E-state index contributed by atoms with van der Waals surface area (Å²) >= 11 is 6.35. The van der Waals surface area contributed by atoms with E-state index in [4.69, 9.17) is 26.8 Å². The number of likely N-dealkylation sites (tertiary alicyclic amines) is 1. The second-order valence-electron chi connectivity index (χ2n) is 16.1. The maximum atomic E-state index is 13.1. The first kappa shape index (κ1) is 36.6. The number of nitrogens with zero attached hydrogens (tertiary/aromatic N) is 2. The Morgan fingerprint density at radius 3 is 2.39 bits per heavy atom. The van der Waals surface area contributed by atoms with Gasteiger partial charge in [-0.2, -0.15) is 5.26 Å². The third-order valence-corrected chi connectivity index (χ3v) is 12.8. The molecule has 276 valence electrons. The number of aliphatic hydroxyl groups is 5. The Bertz CT molecular complexity index is 1620. The first-order chi connectivity index (χ1) is 24.4. The number of hydrogen-bond acceptors (Lipinski definition) is 10. The number of fused-ring (bicyclic) bond motifs is 1. The molecule has 0 radical (unpaired) electrons. The zero-order valence-electron chi connectivity index (χ0n) is 29.0. The highest BCUT2D eigenvalue weighted by molar-refractivity contribution is 6.31. The average Bonchev–Trinajstić information content (AvgIpc) is 3.77. The van der Waals surface area contributed by atoms with Crippen molar-refractivity contribution >= 4 is 17.5 Å². The molecule has 1 amide bonds. The van der Waals surface area contributed by atoms with E-state index in [9.17, 15) is 35.6 Å². The quantitative estimate of drug-likeness (QED) is 0.236. The van der Waals surface area contributed by atoms with Crippen LogP contribution in [0.3, 0.4) is 0 Å². The van der Waals surface area contributed by atoms with E-state index in [1.165, 1.54) is 6.42 Å². The molecular formula is C39H50ClN3O8. The van der Waals surface area contributed by atoms with Gasteiger partial charge in [-0.05, 0) is 123 Å². The van der Waals surface area contributed by atoms with E-state index in [2.05, 4.69) is 6.07 Å². The van der Waals surface area contributed by atoms with Gasteiger partial charge in [0.05, 0.1) is 30.9 Å². The van der Waals surface area contributed by atoms with Gasteiger partial charge in [0.15, 0.2) is 0 Å². The van der Waals surface area contributed by atoms with Crippen LogP contribution >= 0.6 is 11.6 Å². The topological polar surface area (TPSA) is 190 Å².